The molecule has 0 fully saturated rings. The van der Waals surface area contributed by atoms with Crippen molar-refractivity contribution in [1.82, 2.24) is 4.57 Å². The molecule has 4 rings (SSSR count). The minimum Gasteiger partial charge on any atom is -0.508 e. The Morgan fingerprint density at radius 2 is 2.00 bits per heavy atom. The Labute approximate surface area is 154 Å². The fourth-order valence-corrected chi connectivity index (χ4v) is 3.91. The summed E-state index contributed by atoms with van der Waals surface area (Å²) in [7, 11) is 0. The first-order valence-corrected chi connectivity index (χ1v) is 9.09. The van der Waals surface area contributed by atoms with Crippen LogP contribution in [0, 0.1) is 0 Å². The molecule has 5 nitrogen and oxygen atoms in total. The van der Waals surface area contributed by atoms with Crippen LogP contribution in [0.5, 0.6) is 11.6 Å². The average Bonchev–Trinajstić information content (AvgIpc) is 3.17. The molecule has 130 valence electrons. The maximum atomic E-state index is 10.6. The number of fused-ring (bicyclic) bond motifs is 1. The number of para-hydroxylation sites is 1. The Morgan fingerprint density at radius 1 is 1.15 bits per heavy atom. The normalized spacial score (nSPS) is 15.0. The standard InChI is InChI=1S/C20H17N3O2S/c1-2-23-19(25)18(10-13-12-21-17-9-4-3-8-16(13)17)26-20(23)22-14-6-5-7-15(24)11-14/h3-12,24-25H,2H2,1H3/b13-10+,22-20?. The van der Waals surface area contributed by atoms with Gasteiger partial charge >= 0.3 is 0 Å². The lowest BCUT2D eigenvalue weighted by Crippen LogP contribution is -2.12. The van der Waals surface area contributed by atoms with E-state index >= 15 is 0 Å². The van der Waals surface area contributed by atoms with Crippen LogP contribution in [0.1, 0.15) is 17.4 Å². The largest absolute Gasteiger partial charge is 0.508 e. The lowest BCUT2D eigenvalue weighted by Gasteiger charge is -2.01. The summed E-state index contributed by atoms with van der Waals surface area (Å²) >= 11 is 1.40. The predicted octanol–water partition coefficient (Wildman–Crippen LogP) is 4.47. The summed E-state index contributed by atoms with van der Waals surface area (Å²) < 4.78 is 1.75. The van der Waals surface area contributed by atoms with E-state index < -0.39 is 0 Å². The Bertz CT molecular complexity index is 1110. The van der Waals surface area contributed by atoms with Gasteiger partial charge in [-0.15, -0.1) is 0 Å². The number of thiazole rings is 1. The van der Waals surface area contributed by atoms with Gasteiger partial charge in [-0.05, 0) is 31.2 Å². The number of phenols is 1. The molecular weight excluding hydrogens is 346 g/mol. The molecule has 26 heavy (non-hydrogen) atoms. The van der Waals surface area contributed by atoms with E-state index in [-0.39, 0.29) is 11.6 Å². The average molecular weight is 363 g/mol. The van der Waals surface area contributed by atoms with E-state index in [0.717, 1.165) is 21.7 Å². The molecule has 6 heteroatoms. The van der Waals surface area contributed by atoms with Crippen molar-refractivity contribution in [3.8, 4) is 11.6 Å². The van der Waals surface area contributed by atoms with E-state index in [2.05, 4.69) is 9.98 Å². The van der Waals surface area contributed by atoms with Crippen LogP contribution < -0.4 is 4.80 Å². The molecule has 1 aliphatic rings. The van der Waals surface area contributed by atoms with Crippen molar-refractivity contribution in [3.05, 3.63) is 63.8 Å². The van der Waals surface area contributed by atoms with E-state index in [1.807, 2.05) is 49.5 Å². The van der Waals surface area contributed by atoms with Gasteiger partial charge in [-0.3, -0.25) is 9.56 Å². The zero-order chi connectivity index (χ0) is 18.1. The minimum absolute atomic E-state index is 0.163. The SMILES string of the molecule is CCn1c(O)c(/C=C2\C=Nc3ccccc32)sc1=Nc1cccc(O)c1. The summed E-state index contributed by atoms with van der Waals surface area (Å²) in [5.74, 6) is 0.345. The molecule has 2 aromatic carbocycles. The molecule has 0 aliphatic carbocycles. The van der Waals surface area contributed by atoms with Crippen LogP contribution in [0.15, 0.2) is 58.5 Å². The summed E-state index contributed by atoms with van der Waals surface area (Å²) in [6, 6.07) is 14.7. The van der Waals surface area contributed by atoms with Crippen LogP contribution in [-0.2, 0) is 6.54 Å². The minimum atomic E-state index is 0.163. The Kier molecular flexibility index (Phi) is 4.18. The third kappa shape index (κ3) is 2.95. The molecule has 0 saturated heterocycles. The number of aromatic hydroxyl groups is 2. The highest BCUT2D eigenvalue weighted by Crippen LogP contribution is 2.34. The molecule has 0 atom stereocenters. The molecule has 2 heterocycles. The van der Waals surface area contributed by atoms with Crippen LogP contribution >= 0.6 is 11.3 Å². The molecule has 0 spiro atoms. The molecule has 1 aromatic heterocycles. The van der Waals surface area contributed by atoms with Gasteiger partial charge in [-0.2, -0.15) is 0 Å². The van der Waals surface area contributed by atoms with E-state index in [1.54, 1.807) is 22.8 Å². The van der Waals surface area contributed by atoms with Crippen molar-refractivity contribution in [2.45, 2.75) is 13.5 Å². The summed E-state index contributed by atoms with van der Waals surface area (Å²) in [4.78, 5) is 10.4. The second-order valence-corrected chi connectivity index (χ2v) is 6.83. The van der Waals surface area contributed by atoms with Gasteiger partial charge in [0.25, 0.3) is 0 Å². The molecule has 0 amide bonds. The molecule has 3 aromatic rings. The number of hydrogen-bond acceptors (Lipinski definition) is 5. The lowest BCUT2D eigenvalue weighted by molar-refractivity contribution is 0.416. The van der Waals surface area contributed by atoms with Gasteiger partial charge in [0.05, 0.1) is 16.3 Å². The Hall–Kier alpha value is -3.12. The second-order valence-electron chi connectivity index (χ2n) is 5.82. The number of aromatic nitrogens is 1. The fraction of sp³-hybridized carbons (Fsp3) is 0.100. The second kappa shape index (κ2) is 6.65. The van der Waals surface area contributed by atoms with Crippen LogP contribution in [0.2, 0.25) is 0 Å². The highest BCUT2D eigenvalue weighted by atomic mass is 32.1. The van der Waals surface area contributed by atoms with Crippen molar-refractivity contribution in [1.29, 1.82) is 0 Å². The molecule has 0 radical (unpaired) electrons. The van der Waals surface area contributed by atoms with Gasteiger partial charge < -0.3 is 10.2 Å². The number of aliphatic imine (C=N–C) groups is 1. The lowest BCUT2D eigenvalue weighted by atomic mass is 10.1. The molecule has 0 saturated carbocycles. The van der Waals surface area contributed by atoms with Crippen molar-refractivity contribution < 1.29 is 10.2 Å². The third-order valence-electron chi connectivity index (χ3n) is 4.12. The van der Waals surface area contributed by atoms with E-state index in [0.29, 0.717) is 17.0 Å². The maximum Gasteiger partial charge on any atom is 0.211 e. The van der Waals surface area contributed by atoms with Gasteiger partial charge in [-0.25, -0.2) is 4.99 Å². The van der Waals surface area contributed by atoms with E-state index in [9.17, 15) is 10.2 Å². The van der Waals surface area contributed by atoms with Gasteiger partial charge in [0.2, 0.25) is 5.88 Å². The van der Waals surface area contributed by atoms with Gasteiger partial charge in [0.15, 0.2) is 4.80 Å². The van der Waals surface area contributed by atoms with Gasteiger partial charge in [0.1, 0.15) is 5.75 Å². The van der Waals surface area contributed by atoms with Crippen LogP contribution in [0.25, 0.3) is 11.6 Å². The first-order chi connectivity index (χ1) is 12.7. The fourth-order valence-electron chi connectivity index (χ4n) is 2.85. The third-order valence-corrected chi connectivity index (χ3v) is 5.14. The summed E-state index contributed by atoms with van der Waals surface area (Å²) in [5.41, 5.74) is 3.59. The maximum absolute atomic E-state index is 10.6. The predicted molar refractivity (Wildman–Crippen MR) is 105 cm³/mol. The first kappa shape index (κ1) is 16.4. The Balaban J connectivity index is 1.81. The monoisotopic (exact) mass is 363 g/mol. The zero-order valence-electron chi connectivity index (χ0n) is 14.1. The van der Waals surface area contributed by atoms with E-state index in [4.69, 9.17) is 0 Å². The first-order valence-electron chi connectivity index (χ1n) is 8.27. The number of allylic oxidation sites excluding steroid dienone is 1. The number of benzene rings is 2. The topological polar surface area (TPSA) is 70.1 Å². The zero-order valence-corrected chi connectivity index (χ0v) is 14.9. The quantitative estimate of drug-likeness (QED) is 0.721. The molecule has 0 bridgehead atoms. The molecule has 1 aliphatic heterocycles. The van der Waals surface area contributed by atoms with Crippen LogP contribution in [0.3, 0.4) is 0 Å². The highest BCUT2D eigenvalue weighted by molar-refractivity contribution is 7.10. The molecule has 0 unspecified atom stereocenters. The number of rotatable bonds is 3. The summed E-state index contributed by atoms with van der Waals surface area (Å²) in [5, 5.41) is 20.2. The number of phenolic OH excluding ortho intramolecular Hbond substituents is 1. The van der Waals surface area contributed by atoms with Crippen molar-refractivity contribution in [2.24, 2.45) is 9.98 Å². The Morgan fingerprint density at radius 3 is 2.81 bits per heavy atom. The highest BCUT2D eigenvalue weighted by Gasteiger charge is 2.15. The van der Waals surface area contributed by atoms with Crippen LogP contribution in [0.4, 0.5) is 11.4 Å². The number of nitrogens with zero attached hydrogens (tertiary/aromatic N) is 3. The van der Waals surface area contributed by atoms with Crippen molar-refractivity contribution in [3.63, 3.8) is 0 Å². The summed E-state index contributed by atoms with van der Waals surface area (Å²) in [6.07, 6.45) is 3.75. The molecular formula is C20H17N3O2S. The van der Waals surface area contributed by atoms with Crippen molar-refractivity contribution >= 4 is 40.6 Å². The molecule has 2 N–H and O–H groups in total. The smallest absolute Gasteiger partial charge is 0.211 e. The van der Waals surface area contributed by atoms with Gasteiger partial charge in [0, 0.05) is 30.0 Å². The van der Waals surface area contributed by atoms with E-state index in [1.165, 1.54) is 11.3 Å². The van der Waals surface area contributed by atoms with Crippen LogP contribution in [-0.4, -0.2) is 21.0 Å². The van der Waals surface area contributed by atoms with Crippen molar-refractivity contribution in [2.75, 3.05) is 0 Å². The number of hydrogen-bond donors (Lipinski definition) is 2. The van der Waals surface area contributed by atoms with Gasteiger partial charge in [-0.1, -0.05) is 35.6 Å². The summed E-state index contributed by atoms with van der Waals surface area (Å²) in [6.45, 7) is 2.55.